The number of carbonyl (C=O) groups is 1. The molecule has 0 aliphatic heterocycles. The maximum atomic E-state index is 12.9. The first-order chi connectivity index (χ1) is 15.1. The fourth-order valence-corrected chi connectivity index (χ4v) is 3.03. The lowest BCUT2D eigenvalue weighted by Gasteiger charge is -2.07. The van der Waals surface area contributed by atoms with Crippen molar-refractivity contribution in [3.63, 3.8) is 0 Å². The number of hydrazone groups is 1. The number of halogens is 1. The minimum absolute atomic E-state index is 0.103. The van der Waals surface area contributed by atoms with E-state index in [2.05, 4.69) is 10.5 Å². The second kappa shape index (κ2) is 9.09. The molecule has 2 N–H and O–H groups in total. The van der Waals surface area contributed by atoms with E-state index in [9.17, 15) is 14.3 Å². The predicted octanol–water partition coefficient (Wildman–Crippen LogP) is 5.03. The van der Waals surface area contributed by atoms with Crippen LogP contribution in [0.1, 0.15) is 21.5 Å². The first-order valence-corrected chi connectivity index (χ1v) is 9.61. The highest BCUT2D eigenvalue weighted by atomic mass is 19.1. The highest BCUT2D eigenvalue weighted by Crippen LogP contribution is 2.24. The van der Waals surface area contributed by atoms with E-state index in [0.29, 0.717) is 12.4 Å². The number of ether oxygens (including phenoxy) is 1. The molecular weight excluding hydrogens is 395 g/mol. The molecule has 4 rings (SSSR count). The minimum atomic E-state index is -0.501. The van der Waals surface area contributed by atoms with Crippen molar-refractivity contribution in [2.75, 3.05) is 0 Å². The Morgan fingerprint density at radius 1 is 0.968 bits per heavy atom. The SMILES string of the molecule is O=C(N/N=C/c1ccc(OCc2ccc(F)cc2)cc1)c1cc2ccccc2cc1O. The van der Waals surface area contributed by atoms with Gasteiger partial charge in [-0.3, -0.25) is 4.79 Å². The Kier molecular flexibility index (Phi) is 5.89. The number of carbonyl (C=O) groups excluding carboxylic acids is 1. The van der Waals surface area contributed by atoms with Crippen molar-refractivity contribution in [2.24, 2.45) is 5.10 Å². The van der Waals surface area contributed by atoms with Gasteiger partial charge in [0.15, 0.2) is 0 Å². The number of nitrogens with one attached hydrogen (secondary N) is 1. The maximum Gasteiger partial charge on any atom is 0.275 e. The molecule has 154 valence electrons. The Hall–Kier alpha value is -4.19. The number of nitrogens with zero attached hydrogens (tertiary/aromatic N) is 1. The van der Waals surface area contributed by atoms with Crippen molar-refractivity contribution < 1.29 is 19.0 Å². The predicted molar refractivity (Wildman–Crippen MR) is 118 cm³/mol. The first kappa shape index (κ1) is 20.1. The van der Waals surface area contributed by atoms with Crippen LogP contribution in [0.4, 0.5) is 4.39 Å². The van der Waals surface area contributed by atoms with E-state index in [-0.39, 0.29) is 17.1 Å². The van der Waals surface area contributed by atoms with Crippen molar-refractivity contribution in [2.45, 2.75) is 6.61 Å². The van der Waals surface area contributed by atoms with Gasteiger partial charge in [0.1, 0.15) is 23.9 Å². The molecule has 0 atom stereocenters. The standard InChI is InChI=1S/C25H19FN2O3/c26-21-9-5-18(6-10-21)16-31-22-11-7-17(8-12-22)15-27-28-25(30)23-13-19-3-1-2-4-20(19)14-24(23)29/h1-15,29H,16H2,(H,28,30)/b27-15+. The molecule has 0 saturated heterocycles. The quantitative estimate of drug-likeness (QED) is 0.343. The summed E-state index contributed by atoms with van der Waals surface area (Å²) < 4.78 is 18.6. The van der Waals surface area contributed by atoms with Crippen molar-refractivity contribution in [1.29, 1.82) is 0 Å². The van der Waals surface area contributed by atoms with Gasteiger partial charge in [0.05, 0.1) is 11.8 Å². The zero-order valence-corrected chi connectivity index (χ0v) is 16.5. The van der Waals surface area contributed by atoms with Gasteiger partial charge in [-0.05, 0) is 70.4 Å². The molecule has 0 heterocycles. The Morgan fingerprint density at radius 2 is 1.65 bits per heavy atom. The Balaban J connectivity index is 1.35. The molecule has 0 spiro atoms. The number of fused-ring (bicyclic) bond motifs is 1. The lowest BCUT2D eigenvalue weighted by molar-refractivity contribution is 0.0952. The summed E-state index contributed by atoms with van der Waals surface area (Å²) in [6, 6.07) is 23.9. The molecule has 0 aliphatic rings. The number of hydrogen-bond donors (Lipinski definition) is 2. The third-order valence-electron chi connectivity index (χ3n) is 4.69. The molecule has 31 heavy (non-hydrogen) atoms. The molecule has 1 amide bonds. The van der Waals surface area contributed by atoms with Gasteiger partial charge in [0.2, 0.25) is 0 Å². The summed E-state index contributed by atoms with van der Waals surface area (Å²) in [6.45, 7) is 0.332. The van der Waals surface area contributed by atoms with Gasteiger partial charge in [0, 0.05) is 0 Å². The highest BCUT2D eigenvalue weighted by molar-refractivity contribution is 6.01. The molecular formula is C25H19FN2O3. The number of phenolic OH excluding ortho intramolecular Hbond substituents is 1. The maximum absolute atomic E-state index is 12.9. The molecule has 6 heteroatoms. The number of benzene rings is 4. The van der Waals surface area contributed by atoms with Crippen LogP contribution in [0.15, 0.2) is 90.0 Å². The third kappa shape index (κ3) is 5.05. The van der Waals surface area contributed by atoms with Crippen LogP contribution in [0.2, 0.25) is 0 Å². The zero-order chi connectivity index (χ0) is 21.6. The molecule has 5 nitrogen and oxygen atoms in total. The lowest BCUT2D eigenvalue weighted by Crippen LogP contribution is -2.17. The summed E-state index contributed by atoms with van der Waals surface area (Å²) in [5.41, 5.74) is 4.21. The second-order valence-corrected chi connectivity index (χ2v) is 6.90. The van der Waals surface area contributed by atoms with Crippen molar-refractivity contribution in [1.82, 2.24) is 5.43 Å². The van der Waals surface area contributed by atoms with Crippen LogP contribution in [0.3, 0.4) is 0 Å². The molecule has 0 saturated carbocycles. The summed E-state index contributed by atoms with van der Waals surface area (Å²) in [7, 11) is 0. The summed E-state index contributed by atoms with van der Waals surface area (Å²) in [6.07, 6.45) is 1.50. The van der Waals surface area contributed by atoms with Gasteiger partial charge in [-0.2, -0.15) is 5.10 Å². The van der Waals surface area contributed by atoms with Gasteiger partial charge >= 0.3 is 0 Å². The smallest absolute Gasteiger partial charge is 0.275 e. The number of rotatable bonds is 6. The van der Waals surface area contributed by atoms with Crippen LogP contribution in [0.25, 0.3) is 10.8 Å². The largest absolute Gasteiger partial charge is 0.507 e. The van der Waals surface area contributed by atoms with Crippen molar-refractivity contribution in [3.05, 3.63) is 107 Å². The highest BCUT2D eigenvalue weighted by Gasteiger charge is 2.11. The van der Waals surface area contributed by atoms with E-state index < -0.39 is 5.91 Å². The van der Waals surface area contributed by atoms with Gasteiger partial charge in [-0.1, -0.05) is 36.4 Å². The van der Waals surface area contributed by atoms with Gasteiger partial charge in [-0.15, -0.1) is 0 Å². The van der Waals surface area contributed by atoms with Crippen LogP contribution in [0, 0.1) is 5.82 Å². The van der Waals surface area contributed by atoms with Crippen molar-refractivity contribution in [3.8, 4) is 11.5 Å². The van der Waals surface area contributed by atoms with E-state index in [4.69, 9.17) is 4.74 Å². The molecule has 4 aromatic carbocycles. The fraction of sp³-hybridized carbons (Fsp3) is 0.0400. The summed E-state index contributed by atoms with van der Waals surface area (Å²) in [5.74, 6) is -0.227. The van der Waals surface area contributed by atoms with E-state index in [0.717, 1.165) is 21.9 Å². The minimum Gasteiger partial charge on any atom is -0.507 e. The molecule has 4 aromatic rings. The van der Waals surface area contributed by atoms with E-state index in [1.807, 2.05) is 24.3 Å². The summed E-state index contributed by atoms with van der Waals surface area (Å²) >= 11 is 0. The molecule has 0 bridgehead atoms. The molecule has 0 fully saturated rings. The van der Waals surface area contributed by atoms with Gasteiger partial charge in [0.25, 0.3) is 5.91 Å². The molecule has 0 unspecified atom stereocenters. The Labute approximate surface area is 178 Å². The average molecular weight is 414 g/mol. The van der Waals surface area contributed by atoms with E-state index in [1.165, 1.54) is 18.3 Å². The number of aromatic hydroxyl groups is 1. The number of amides is 1. The number of hydrogen-bond acceptors (Lipinski definition) is 4. The van der Waals surface area contributed by atoms with Crippen LogP contribution in [-0.4, -0.2) is 17.2 Å². The third-order valence-corrected chi connectivity index (χ3v) is 4.69. The normalized spacial score (nSPS) is 11.0. The average Bonchev–Trinajstić information content (AvgIpc) is 2.79. The molecule has 0 aliphatic carbocycles. The van der Waals surface area contributed by atoms with E-state index in [1.54, 1.807) is 48.5 Å². The Morgan fingerprint density at radius 3 is 2.35 bits per heavy atom. The zero-order valence-electron chi connectivity index (χ0n) is 16.5. The number of phenols is 1. The second-order valence-electron chi connectivity index (χ2n) is 6.90. The molecule has 0 radical (unpaired) electrons. The first-order valence-electron chi connectivity index (χ1n) is 9.61. The monoisotopic (exact) mass is 414 g/mol. The topological polar surface area (TPSA) is 70.9 Å². The van der Waals surface area contributed by atoms with Gasteiger partial charge < -0.3 is 9.84 Å². The lowest BCUT2D eigenvalue weighted by atomic mass is 10.1. The Bertz CT molecular complexity index is 1240. The fourth-order valence-electron chi connectivity index (χ4n) is 3.03. The molecule has 0 aromatic heterocycles. The van der Waals surface area contributed by atoms with Crippen molar-refractivity contribution >= 4 is 22.9 Å². The summed E-state index contributed by atoms with van der Waals surface area (Å²) in [4.78, 5) is 12.4. The van der Waals surface area contributed by atoms with Crippen LogP contribution in [0.5, 0.6) is 11.5 Å². The van der Waals surface area contributed by atoms with E-state index >= 15 is 0 Å². The summed E-state index contributed by atoms with van der Waals surface area (Å²) in [5, 5.41) is 15.8. The van der Waals surface area contributed by atoms with Crippen LogP contribution < -0.4 is 10.2 Å². The van der Waals surface area contributed by atoms with Gasteiger partial charge in [-0.25, -0.2) is 9.82 Å². The van der Waals surface area contributed by atoms with Crippen LogP contribution >= 0.6 is 0 Å². The van der Waals surface area contributed by atoms with Crippen LogP contribution in [-0.2, 0) is 6.61 Å².